The highest BCUT2D eigenvalue weighted by molar-refractivity contribution is 9.10. The number of aliphatic hydroxyl groups excluding tert-OH is 12. The van der Waals surface area contributed by atoms with E-state index in [1.807, 2.05) is 36.4 Å². The van der Waals surface area contributed by atoms with Crippen LogP contribution in [0, 0.1) is 36.0 Å². The number of aliphatic hydroxyl groups is 12. The number of benzene rings is 4. The van der Waals surface area contributed by atoms with Gasteiger partial charge < -0.3 is 84.6 Å². The molecule has 6 aromatic rings. The Bertz CT molecular complexity index is 2870. The van der Waals surface area contributed by atoms with Crippen molar-refractivity contribution >= 4 is 75.5 Å². The molecule has 3 saturated heterocycles. The Labute approximate surface area is 445 Å². The monoisotopic (exact) mass is 1150 g/mol. The van der Waals surface area contributed by atoms with Crippen molar-refractivity contribution in [3.8, 4) is 36.0 Å². The number of rotatable bonds is 7. The van der Waals surface area contributed by atoms with Crippen LogP contribution in [0.4, 0.5) is 0 Å². The summed E-state index contributed by atoms with van der Waals surface area (Å²) in [5.41, 5.74) is 5.74. The Kier molecular flexibility index (Phi) is 20.7. The molecule has 74 heavy (non-hydrogen) atoms. The maximum atomic E-state index is 10.3. The number of hydrogen-bond donors (Lipinski definition) is 12. The Morgan fingerprint density at radius 3 is 1.09 bits per heavy atom. The van der Waals surface area contributed by atoms with Crippen LogP contribution < -0.4 is 0 Å². The number of fused-ring (bicyclic) bond motifs is 6. The van der Waals surface area contributed by atoms with E-state index in [1.54, 1.807) is 0 Å². The van der Waals surface area contributed by atoms with Gasteiger partial charge >= 0.3 is 0 Å². The van der Waals surface area contributed by atoms with Crippen molar-refractivity contribution < 1.29 is 75.5 Å². The summed E-state index contributed by atoms with van der Waals surface area (Å²) in [6.07, 6.45) is -12.0. The molecule has 3 fully saturated rings. The van der Waals surface area contributed by atoms with Crippen LogP contribution >= 0.6 is 31.9 Å². The lowest BCUT2D eigenvalue weighted by molar-refractivity contribution is -0.214. The van der Waals surface area contributed by atoms with E-state index in [-0.39, 0.29) is 7.43 Å². The number of nitrogens with zero attached hydrogens (tertiary/aromatic N) is 2. The summed E-state index contributed by atoms with van der Waals surface area (Å²) in [5, 5.41) is 121. The maximum Gasteiger partial charge on any atom is 0.147 e. The van der Waals surface area contributed by atoms with E-state index in [0.717, 1.165) is 50.1 Å². The van der Waals surface area contributed by atoms with Crippen molar-refractivity contribution in [2.75, 3.05) is 19.8 Å². The third kappa shape index (κ3) is 12.4. The fraction of sp³-hybridized carbons (Fsp3) is 0.455. The van der Waals surface area contributed by atoms with Gasteiger partial charge in [0.2, 0.25) is 0 Å². The van der Waals surface area contributed by atoms with Gasteiger partial charge in [0.1, 0.15) is 91.6 Å². The van der Waals surface area contributed by atoms with Gasteiger partial charge in [-0.15, -0.1) is 6.42 Å². The summed E-state index contributed by atoms with van der Waals surface area (Å²) in [6.45, 7) is 4.52. The lowest BCUT2D eigenvalue weighted by atomic mass is 9.95. The van der Waals surface area contributed by atoms with E-state index in [2.05, 4.69) is 121 Å². The van der Waals surface area contributed by atoms with Crippen molar-refractivity contribution in [3.05, 3.63) is 92.9 Å². The number of hydrogen-bond acceptors (Lipinski definition) is 15. The summed E-state index contributed by atoms with van der Waals surface area (Å²) in [7, 11) is 0. The van der Waals surface area contributed by atoms with Gasteiger partial charge in [0.15, 0.2) is 0 Å². The zero-order chi connectivity index (χ0) is 52.8. The lowest BCUT2D eigenvalue weighted by Gasteiger charge is -2.37. The second kappa shape index (κ2) is 26.0. The fourth-order valence-corrected chi connectivity index (χ4v) is 9.91. The molecule has 5 heterocycles. The van der Waals surface area contributed by atoms with Gasteiger partial charge in [-0.1, -0.05) is 107 Å². The summed E-state index contributed by atoms with van der Waals surface area (Å²) in [6, 6.07) is 24.4. The molecular weight excluding hydrogens is 1090 g/mol. The molecule has 0 radical (unpaired) electrons. The van der Waals surface area contributed by atoms with E-state index in [1.165, 1.54) is 21.8 Å². The summed E-state index contributed by atoms with van der Waals surface area (Å²) in [4.78, 5) is 0. The number of aromatic nitrogens is 2. The van der Waals surface area contributed by atoms with Crippen molar-refractivity contribution in [2.45, 2.75) is 139 Å². The molecular formula is C55H64Br2N2O15. The molecule has 0 saturated carbocycles. The van der Waals surface area contributed by atoms with Crippen LogP contribution in [0.25, 0.3) is 43.6 Å². The predicted octanol–water partition coefficient (Wildman–Crippen LogP) is 2.42. The average Bonchev–Trinajstić information content (AvgIpc) is 3.86. The molecule has 12 N–H and O–H groups in total. The minimum absolute atomic E-state index is 0. The van der Waals surface area contributed by atoms with Gasteiger partial charge in [0.05, 0.1) is 41.9 Å². The molecule has 19 heteroatoms. The quantitative estimate of drug-likeness (QED) is 0.102. The molecule has 3 aliphatic heterocycles. The lowest BCUT2D eigenvalue weighted by Crippen LogP contribution is -2.58. The second-order valence-electron chi connectivity index (χ2n) is 18.0. The highest BCUT2D eigenvalue weighted by atomic mass is 79.9. The standard InChI is InChI=1S/C31H35NO10.C15H13Br2N.C8H12O5.CH4/c1-2-11-32-20-12-16(5-9-22-26(35)30(39)28(37)24(14-33)41-22)3-7-18(20)19-8-4-17(13-21(19)32)6-10-23-27(36)31(40)29(38)25(15-34)42-23;1-2-7-18-14-8-10(16)3-5-12(14)13-6-4-11(17)9-15(13)18;1-2-4-6(10)8(12)7(11)5(3-9)13-4;/h3-4,7-8,12-13,22-31,33-40H,2,11,14-15H2,1H3;3-6,8-9H,2,7H2,1H3;1,4-12H,3H2;1H4/t22-,23-,24-,25-,26-,27-,28-,29-,30-,31-;;4-,5-,6-,7-,8-;/m1.1./s1. The molecule has 0 unspecified atom stereocenters. The predicted molar refractivity (Wildman–Crippen MR) is 285 cm³/mol. The van der Waals surface area contributed by atoms with E-state index in [9.17, 15) is 56.2 Å². The molecule has 0 spiro atoms. The first-order valence-electron chi connectivity index (χ1n) is 23.8. The number of terminal acetylenes is 1. The molecule has 0 aliphatic carbocycles. The molecule has 4 aromatic carbocycles. The van der Waals surface area contributed by atoms with E-state index in [0.29, 0.717) is 17.7 Å². The molecule has 9 rings (SSSR count). The van der Waals surface area contributed by atoms with Gasteiger partial charge in [0.25, 0.3) is 0 Å². The second-order valence-corrected chi connectivity index (χ2v) is 19.9. The first-order valence-corrected chi connectivity index (χ1v) is 25.4. The van der Waals surface area contributed by atoms with Gasteiger partial charge in [-0.3, -0.25) is 0 Å². The molecule has 17 nitrogen and oxygen atoms in total. The Morgan fingerprint density at radius 1 is 0.459 bits per heavy atom. The normalized spacial score (nSPS) is 29.6. The van der Waals surface area contributed by atoms with Crippen LogP contribution in [-0.2, 0) is 27.3 Å². The van der Waals surface area contributed by atoms with Crippen LogP contribution in [0.3, 0.4) is 0 Å². The molecule has 3 aliphatic rings. The minimum atomic E-state index is -1.50. The zero-order valence-corrected chi connectivity index (χ0v) is 43.0. The Balaban J connectivity index is 0.000000227. The smallest absolute Gasteiger partial charge is 0.147 e. The molecule has 398 valence electrons. The third-order valence-corrected chi connectivity index (χ3v) is 14.1. The Morgan fingerprint density at radius 2 is 0.770 bits per heavy atom. The van der Waals surface area contributed by atoms with E-state index >= 15 is 0 Å². The molecule has 0 amide bonds. The topological polar surface area (TPSA) is 280 Å². The molecule has 2 aromatic heterocycles. The summed E-state index contributed by atoms with van der Waals surface area (Å²) in [5.74, 6) is 13.7. The van der Waals surface area contributed by atoms with E-state index in [4.69, 9.17) is 25.7 Å². The average molecular weight is 1150 g/mol. The zero-order valence-electron chi connectivity index (χ0n) is 39.9. The summed E-state index contributed by atoms with van der Waals surface area (Å²) >= 11 is 7.13. The highest BCUT2D eigenvalue weighted by Gasteiger charge is 2.44. The maximum absolute atomic E-state index is 10.3. The van der Waals surface area contributed by atoms with Crippen molar-refractivity contribution in [3.63, 3.8) is 0 Å². The van der Waals surface area contributed by atoms with Crippen molar-refractivity contribution in [1.82, 2.24) is 9.13 Å². The van der Waals surface area contributed by atoms with Crippen molar-refractivity contribution in [2.24, 2.45) is 0 Å². The minimum Gasteiger partial charge on any atom is -0.394 e. The third-order valence-electron chi connectivity index (χ3n) is 13.1. The van der Waals surface area contributed by atoms with E-state index < -0.39 is 111 Å². The Hall–Kier alpha value is -4.48. The number of halogens is 2. The first kappa shape index (κ1) is 58.8. The van der Waals surface area contributed by atoms with Crippen LogP contribution in [0.1, 0.15) is 45.2 Å². The first-order chi connectivity index (χ1) is 35.0. The van der Waals surface area contributed by atoms with Crippen LogP contribution in [0.5, 0.6) is 0 Å². The molecule has 15 atom stereocenters. The highest BCUT2D eigenvalue weighted by Crippen LogP contribution is 2.34. The largest absolute Gasteiger partial charge is 0.394 e. The van der Waals surface area contributed by atoms with Gasteiger partial charge in [-0.2, -0.15) is 0 Å². The number of ether oxygens (including phenoxy) is 3. The molecule has 0 bridgehead atoms. The number of aryl methyl sites for hydroxylation is 2. The fourth-order valence-electron chi connectivity index (χ4n) is 9.21. The van der Waals surface area contributed by atoms with Crippen molar-refractivity contribution in [1.29, 1.82) is 0 Å². The van der Waals surface area contributed by atoms with Crippen LogP contribution in [0.2, 0.25) is 0 Å². The van der Waals surface area contributed by atoms with Gasteiger partial charge in [0, 0.05) is 54.7 Å². The van der Waals surface area contributed by atoms with Crippen LogP contribution in [-0.4, -0.2) is 182 Å². The van der Waals surface area contributed by atoms with Crippen LogP contribution in [0.15, 0.2) is 81.7 Å². The van der Waals surface area contributed by atoms with Gasteiger partial charge in [-0.25, -0.2) is 0 Å². The SMILES string of the molecule is C.C#C[C@H]1O[C@H](CO)[C@@H](O)[C@H](O)[C@@H]1O.CCCn1c2cc(Br)ccc2c2ccc(Br)cc21.CCCn1c2cc(C#C[C@H]3O[C@H](CO)[C@@H](O)[C@H](O)[C@@H]3O)ccc2c2ccc(C#C[C@H]3O[C@H](CO)[C@@H](O)[C@H](O)[C@@H]3O)cc21. The van der Waals surface area contributed by atoms with Gasteiger partial charge in [-0.05, 0) is 61.4 Å². The summed E-state index contributed by atoms with van der Waals surface area (Å²) < 4.78 is 22.7.